The molecule has 2 fully saturated rings. The fourth-order valence-electron chi connectivity index (χ4n) is 4.10. The first kappa shape index (κ1) is 15.3. The largest absolute Gasteiger partial charge is 0.392 e. The van der Waals surface area contributed by atoms with Crippen molar-refractivity contribution >= 4 is 0 Å². The first-order chi connectivity index (χ1) is 8.51. The molecule has 0 spiro atoms. The zero-order chi connectivity index (χ0) is 14.5. The normalized spacial score (nSPS) is 37.4. The van der Waals surface area contributed by atoms with Gasteiger partial charge in [-0.2, -0.15) is 0 Å². The highest BCUT2D eigenvalue weighted by atomic mass is 16.5. The first-order valence-electron chi connectivity index (χ1n) is 7.61. The summed E-state index contributed by atoms with van der Waals surface area (Å²) in [5, 5.41) is 10.4. The Bertz CT molecular complexity index is 320. The van der Waals surface area contributed by atoms with E-state index in [1.165, 1.54) is 0 Å². The van der Waals surface area contributed by atoms with Crippen LogP contribution in [0.2, 0.25) is 0 Å². The Hall–Kier alpha value is -0.120. The third-order valence-electron chi connectivity index (χ3n) is 4.66. The summed E-state index contributed by atoms with van der Waals surface area (Å²) in [7, 11) is 0. The average Bonchev–Trinajstić information content (AvgIpc) is 2.40. The van der Waals surface area contributed by atoms with Gasteiger partial charge in [0.15, 0.2) is 0 Å². The van der Waals surface area contributed by atoms with E-state index in [0.717, 1.165) is 32.5 Å². The lowest BCUT2D eigenvalue weighted by molar-refractivity contribution is -0.183. The van der Waals surface area contributed by atoms with Crippen molar-refractivity contribution in [2.24, 2.45) is 11.3 Å². The number of morpholine rings is 1. The van der Waals surface area contributed by atoms with E-state index < -0.39 is 0 Å². The molecule has 1 heterocycles. The molecule has 1 aliphatic carbocycles. The summed E-state index contributed by atoms with van der Waals surface area (Å²) in [6.07, 6.45) is 2.11. The number of aliphatic hydroxyl groups is 1. The maximum atomic E-state index is 10.4. The summed E-state index contributed by atoms with van der Waals surface area (Å²) in [5.74, 6) is 0.416. The molecule has 0 aromatic carbocycles. The van der Waals surface area contributed by atoms with E-state index in [2.05, 4.69) is 46.4 Å². The van der Waals surface area contributed by atoms with Crippen LogP contribution in [0.15, 0.2) is 0 Å². The van der Waals surface area contributed by atoms with E-state index in [1.807, 2.05) is 0 Å². The third-order valence-corrected chi connectivity index (χ3v) is 4.66. The van der Waals surface area contributed by atoms with Crippen molar-refractivity contribution in [3.8, 4) is 0 Å². The monoisotopic (exact) mass is 269 g/mol. The van der Waals surface area contributed by atoms with Gasteiger partial charge >= 0.3 is 0 Å². The molecule has 2 rings (SSSR count). The highest BCUT2D eigenvalue weighted by Crippen LogP contribution is 2.42. The van der Waals surface area contributed by atoms with E-state index in [-0.39, 0.29) is 22.7 Å². The van der Waals surface area contributed by atoms with Gasteiger partial charge in [-0.1, -0.05) is 13.8 Å². The quantitative estimate of drug-likeness (QED) is 0.836. The molecular weight excluding hydrogens is 238 g/mol. The highest BCUT2D eigenvalue weighted by Gasteiger charge is 2.44. The molecule has 3 heteroatoms. The van der Waals surface area contributed by atoms with Gasteiger partial charge in [0.05, 0.1) is 17.3 Å². The Morgan fingerprint density at radius 1 is 1.05 bits per heavy atom. The molecule has 112 valence electrons. The minimum atomic E-state index is -0.165. The van der Waals surface area contributed by atoms with E-state index in [0.29, 0.717) is 5.92 Å². The van der Waals surface area contributed by atoms with Crippen LogP contribution in [-0.4, -0.2) is 46.9 Å². The smallest absolute Gasteiger partial charge is 0.0760 e. The molecule has 1 saturated carbocycles. The van der Waals surface area contributed by atoms with Crippen LogP contribution >= 0.6 is 0 Å². The van der Waals surface area contributed by atoms with E-state index in [4.69, 9.17) is 4.74 Å². The summed E-state index contributed by atoms with van der Waals surface area (Å²) < 4.78 is 6.12. The van der Waals surface area contributed by atoms with E-state index >= 15 is 0 Å². The van der Waals surface area contributed by atoms with Crippen LogP contribution < -0.4 is 0 Å². The Kier molecular flexibility index (Phi) is 3.79. The van der Waals surface area contributed by atoms with Crippen molar-refractivity contribution in [3.05, 3.63) is 0 Å². The Morgan fingerprint density at radius 3 is 2.00 bits per heavy atom. The average molecular weight is 269 g/mol. The van der Waals surface area contributed by atoms with Crippen LogP contribution in [0.4, 0.5) is 0 Å². The van der Waals surface area contributed by atoms with E-state index in [9.17, 15) is 5.11 Å². The predicted molar refractivity (Wildman–Crippen MR) is 78.2 cm³/mol. The van der Waals surface area contributed by atoms with Crippen LogP contribution in [0, 0.1) is 11.3 Å². The summed E-state index contributed by atoms with van der Waals surface area (Å²) in [6, 6.07) is 0. The third kappa shape index (κ3) is 3.50. The Balaban J connectivity index is 2.00. The minimum Gasteiger partial charge on any atom is -0.392 e. The van der Waals surface area contributed by atoms with Gasteiger partial charge in [0.25, 0.3) is 0 Å². The van der Waals surface area contributed by atoms with Crippen molar-refractivity contribution in [2.75, 3.05) is 19.6 Å². The summed E-state index contributed by atoms with van der Waals surface area (Å²) >= 11 is 0. The number of ether oxygens (including phenoxy) is 1. The molecular formula is C16H31NO2. The first-order valence-corrected chi connectivity index (χ1v) is 7.61. The van der Waals surface area contributed by atoms with Crippen LogP contribution in [0.5, 0.6) is 0 Å². The van der Waals surface area contributed by atoms with Gasteiger partial charge in [0.1, 0.15) is 0 Å². The minimum absolute atomic E-state index is 0.0853. The van der Waals surface area contributed by atoms with Crippen LogP contribution in [0.1, 0.15) is 54.4 Å². The van der Waals surface area contributed by atoms with Gasteiger partial charge in [-0.05, 0) is 51.9 Å². The lowest BCUT2D eigenvalue weighted by atomic mass is 9.87. The van der Waals surface area contributed by atoms with Gasteiger partial charge in [-0.15, -0.1) is 0 Å². The summed E-state index contributed by atoms with van der Waals surface area (Å²) in [6.45, 7) is 15.9. The van der Waals surface area contributed by atoms with Gasteiger partial charge in [0.2, 0.25) is 0 Å². The van der Waals surface area contributed by atoms with Crippen molar-refractivity contribution in [3.63, 3.8) is 0 Å². The molecule has 3 nitrogen and oxygen atoms in total. The van der Waals surface area contributed by atoms with E-state index in [1.54, 1.807) is 0 Å². The molecule has 0 amide bonds. The van der Waals surface area contributed by atoms with Crippen molar-refractivity contribution in [2.45, 2.75) is 71.7 Å². The molecule has 19 heavy (non-hydrogen) atoms. The zero-order valence-electron chi connectivity index (χ0n) is 13.5. The second-order valence-corrected chi connectivity index (χ2v) is 8.52. The second kappa shape index (κ2) is 4.71. The fraction of sp³-hybridized carbons (Fsp3) is 1.00. The zero-order valence-corrected chi connectivity index (χ0v) is 13.5. The molecule has 0 aromatic rings. The number of hydrogen-bond donors (Lipinski definition) is 1. The summed E-state index contributed by atoms with van der Waals surface area (Å²) in [4.78, 5) is 2.48. The standard InChI is InChI=1S/C16H31NO2/c1-14(2)8-7-12(13(14)18)9-17-10-15(3,4)19-16(5,6)11-17/h12-13,18H,7-11H2,1-6H3. The van der Waals surface area contributed by atoms with Crippen LogP contribution in [-0.2, 0) is 4.74 Å². The maximum absolute atomic E-state index is 10.4. The number of nitrogens with zero attached hydrogens (tertiary/aromatic N) is 1. The van der Waals surface area contributed by atoms with Crippen molar-refractivity contribution in [1.82, 2.24) is 4.90 Å². The fourth-order valence-corrected chi connectivity index (χ4v) is 4.10. The lowest BCUT2D eigenvalue weighted by Crippen LogP contribution is -2.58. The van der Waals surface area contributed by atoms with Gasteiger partial charge < -0.3 is 9.84 Å². The predicted octanol–water partition coefficient (Wildman–Crippen LogP) is 2.67. The molecule has 2 unspecified atom stereocenters. The lowest BCUT2D eigenvalue weighted by Gasteiger charge is -2.48. The topological polar surface area (TPSA) is 32.7 Å². The molecule has 0 radical (unpaired) electrons. The second-order valence-electron chi connectivity index (χ2n) is 8.52. The molecule has 1 N–H and O–H groups in total. The van der Waals surface area contributed by atoms with Crippen LogP contribution in [0.3, 0.4) is 0 Å². The van der Waals surface area contributed by atoms with Crippen molar-refractivity contribution in [1.29, 1.82) is 0 Å². The van der Waals surface area contributed by atoms with Crippen molar-refractivity contribution < 1.29 is 9.84 Å². The summed E-state index contributed by atoms with van der Waals surface area (Å²) in [5.41, 5.74) is -0.108. The number of rotatable bonds is 2. The highest BCUT2D eigenvalue weighted by molar-refractivity contribution is 4.95. The van der Waals surface area contributed by atoms with Gasteiger partial charge in [-0.3, -0.25) is 4.90 Å². The Morgan fingerprint density at radius 2 is 1.58 bits per heavy atom. The number of aliphatic hydroxyl groups excluding tert-OH is 1. The molecule has 2 atom stereocenters. The molecule has 1 aliphatic heterocycles. The van der Waals surface area contributed by atoms with Gasteiger partial charge in [-0.25, -0.2) is 0 Å². The molecule has 1 saturated heterocycles. The number of hydrogen-bond acceptors (Lipinski definition) is 3. The van der Waals surface area contributed by atoms with Gasteiger partial charge in [0, 0.05) is 19.6 Å². The van der Waals surface area contributed by atoms with Crippen LogP contribution in [0.25, 0.3) is 0 Å². The maximum Gasteiger partial charge on any atom is 0.0760 e. The molecule has 2 aliphatic rings. The SMILES string of the molecule is CC1(C)CN(CC2CCC(C)(C)C2O)CC(C)(C)O1. The molecule has 0 aromatic heterocycles. The molecule has 0 bridgehead atoms. The Labute approximate surface area is 118 Å².